The molecular weight excluding hydrogens is 232 g/mol. The maximum Gasteiger partial charge on any atom is 0.0356 e. The van der Waals surface area contributed by atoms with Gasteiger partial charge in [0.2, 0.25) is 0 Å². The molecule has 0 amide bonds. The molecule has 0 aromatic heterocycles. The predicted molar refractivity (Wildman–Crippen MR) is 83.5 cm³/mol. The van der Waals surface area contributed by atoms with E-state index in [0.717, 1.165) is 5.92 Å². The second-order valence-corrected chi connectivity index (χ2v) is 7.10. The van der Waals surface area contributed by atoms with Crippen molar-refractivity contribution in [2.24, 2.45) is 5.92 Å². The van der Waals surface area contributed by atoms with Crippen LogP contribution in [0.25, 0.3) is 0 Å². The van der Waals surface area contributed by atoms with Crippen molar-refractivity contribution in [1.29, 1.82) is 0 Å². The molecule has 2 fully saturated rings. The van der Waals surface area contributed by atoms with E-state index < -0.39 is 0 Å². The summed E-state index contributed by atoms with van der Waals surface area (Å²) >= 11 is 0. The van der Waals surface area contributed by atoms with Gasteiger partial charge in [0.05, 0.1) is 0 Å². The van der Waals surface area contributed by atoms with Gasteiger partial charge in [0, 0.05) is 11.6 Å². The third-order valence-corrected chi connectivity index (χ3v) is 5.69. The topological polar surface area (TPSA) is 15.3 Å². The van der Waals surface area contributed by atoms with E-state index in [0.29, 0.717) is 11.6 Å². The molecule has 0 aromatic carbocycles. The zero-order valence-corrected chi connectivity index (χ0v) is 13.4. The van der Waals surface area contributed by atoms with Crippen LogP contribution in [-0.4, -0.2) is 37.1 Å². The van der Waals surface area contributed by atoms with Crippen LogP contribution in [0.15, 0.2) is 0 Å². The lowest BCUT2D eigenvalue weighted by atomic mass is 9.81. The van der Waals surface area contributed by atoms with E-state index in [2.05, 4.69) is 31.2 Å². The average Bonchev–Trinajstić information content (AvgIpc) is 3.05. The van der Waals surface area contributed by atoms with Crippen molar-refractivity contribution < 1.29 is 0 Å². The first kappa shape index (κ1) is 15.3. The first-order valence-corrected chi connectivity index (χ1v) is 8.60. The van der Waals surface area contributed by atoms with Gasteiger partial charge in [0.1, 0.15) is 0 Å². The number of hydrogen-bond donors (Lipinski definition) is 1. The molecular formula is C17H34N2. The fourth-order valence-corrected chi connectivity index (χ4v) is 4.49. The predicted octanol–water partition coefficient (Wildman–Crippen LogP) is 3.81. The second-order valence-electron chi connectivity index (χ2n) is 7.10. The summed E-state index contributed by atoms with van der Waals surface area (Å²) in [6.45, 7) is 3.48. The van der Waals surface area contributed by atoms with E-state index in [1.807, 2.05) is 0 Å². The molecule has 0 aromatic rings. The van der Waals surface area contributed by atoms with Crippen molar-refractivity contribution in [3.63, 3.8) is 0 Å². The van der Waals surface area contributed by atoms with Crippen LogP contribution in [0.2, 0.25) is 0 Å². The molecule has 0 saturated heterocycles. The highest BCUT2D eigenvalue weighted by molar-refractivity contribution is 5.02. The van der Waals surface area contributed by atoms with Crippen molar-refractivity contribution >= 4 is 0 Å². The van der Waals surface area contributed by atoms with Crippen molar-refractivity contribution in [1.82, 2.24) is 10.2 Å². The summed E-state index contributed by atoms with van der Waals surface area (Å²) in [5.41, 5.74) is 0.442. The quantitative estimate of drug-likeness (QED) is 0.754. The lowest BCUT2D eigenvalue weighted by molar-refractivity contribution is 0.0910. The summed E-state index contributed by atoms with van der Waals surface area (Å²) < 4.78 is 0. The monoisotopic (exact) mass is 266 g/mol. The van der Waals surface area contributed by atoms with Crippen LogP contribution in [0, 0.1) is 5.92 Å². The van der Waals surface area contributed by atoms with Crippen LogP contribution in [0.5, 0.6) is 0 Å². The number of rotatable bonds is 7. The molecule has 0 heterocycles. The second kappa shape index (κ2) is 7.08. The summed E-state index contributed by atoms with van der Waals surface area (Å²) in [7, 11) is 4.61. The largest absolute Gasteiger partial charge is 0.312 e. The lowest BCUT2D eigenvalue weighted by Crippen LogP contribution is -2.58. The minimum atomic E-state index is 0.442. The Kier molecular flexibility index (Phi) is 5.70. The maximum atomic E-state index is 3.92. The van der Waals surface area contributed by atoms with E-state index in [1.165, 1.54) is 70.8 Å². The minimum Gasteiger partial charge on any atom is -0.312 e. The molecule has 0 radical (unpaired) electrons. The van der Waals surface area contributed by atoms with Crippen LogP contribution in [0.3, 0.4) is 0 Å². The Labute approximate surface area is 120 Å². The van der Waals surface area contributed by atoms with Gasteiger partial charge in [-0.1, -0.05) is 45.4 Å². The van der Waals surface area contributed by atoms with E-state index >= 15 is 0 Å². The molecule has 0 bridgehead atoms. The van der Waals surface area contributed by atoms with E-state index in [9.17, 15) is 0 Å². The molecule has 2 saturated carbocycles. The summed E-state index contributed by atoms with van der Waals surface area (Å²) in [5, 5.41) is 3.92. The zero-order chi connectivity index (χ0) is 13.7. The highest BCUT2D eigenvalue weighted by Crippen LogP contribution is 2.40. The van der Waals surface area contributed by atoms with Crippen molar-refractivity contribution in [3.8, 4) is 0 Å². The van der Waals surface area contributed by atoms with Crippen molar-refractivity contribution in [2.45, 2.75) is 82.7 Å². The Morgan fingerprint density at radius 3 is 2.26 bits per heavy atom. The number of nitrogens with zero attached hydrogens (tertiary/aromatic N) is 1. The lowest BCUT2D eigenvalue weighted by Gasteiger charge is -2.45. The van der Waals surface area contributed by atoms with Gasteiger partial charge in [-0.2, -0.15) is 0 Å². The Balaban J connectivity index is 2.04. The highest BCUT2D eigenvalue weighted by Gasteiger charge is 2.43. The fraction of sp³-hybridized carbons (Fsp3) is 1.00. The Morgan fingerprint density at radius 1 is 1.11 bits per heavy atom. The molecule has 2 nitrogen and oxygen atoms in total. The van der Waals surface area contributed by atoms with Gasteiger partial charge in [-0.15, -0.1) is 0 Å². The molecule has 2 rings (SSSR count). The first-order valence-electron chi connectivity index (χ1n) is 8.60. The summed E-state index contributed by atoms with van der Waals surface area (Å²) in [4.78, 5) is 2.54. The Morgan fingerprint density at radius 2 is 1.74 bits per heavy atom. The molecule has 2 aliphatic rings. The number of likely N-dealkylation sites (N-methyl/N-ethyl adjacent to an activating group) is 1. The number of hydrogen-bond acceptors (Lipinski definition) is 2. The smallest absolute Gasteiger partial charge is 0.0356 e. The van der Waals surface area contributed by atoms with E-state index in [1.54, 1.807) is 0 Å². The Hall–Kier alpha value is -0.0800. The van der Waals surface area contributed by atoms with Gasteiger partial charge in [0.15, 0.2) is 0 Å². The average molecular weight is 266 g/mol. The standard InChI is InChI=1S/C17H34N2/c1-4-13-18-16(14-15-9-5-6-10-15)17(19(2)3)11-7-8-12-17/h15-16,18H,4-14H2,1-3H3. The van der Waals surface area contributed by atoms with Crippen LogP contribution < -0.4 is 5.32 Å². The molecule has 112 valence electrons. The van der Waals surface area contributed by atoms with Gasteiger partial charge < -0.3 is 10.2 Å². The van der Waals surface area contributed by atoms with Crippen LogP contribution in [-0.2, 0) is 0 Å². The summed E-state index contributed by atoms with van der Waals surface area (Å²) in [6, 6.07) is 0.716. The van der Waals surface area contributed by atoms with Crippen LogP contribution in [0.4, 0.5) is 0 Å². The molecule has 1 unspecified atom stereocenters. The molecule has 2 aliphatic carbocycles. The van der Waals surface area contributed by atoms with Gasteiger partial charge >= 0.3 is 0 Å². The van der Waals surface area contributed by atoms with Gasteiger partial charge in [0.25, 0.3) is 0 Å². The van der Waals surface area contributed by atoms with Crippen LogP contribution >= 0.6 is 0 Å². The van der Waals surface area contributed by atoms with Crippen molar-refractivity contribution in [2.75, 3.05) is 20.6 Å². The van der Waals surface area contributed by atoms with E-state index in [4.69, 9.17) is 0 Å². The fourth-order valence-electron chi connectivity index (χ4n) is 4.49. The first-order chi connectivity index (χ1) is 9.19. The highest BCUT2D eigenvalue weighted by atomic mass is 15.2. The maximum absolute atomic E-state index is 3.92. The third-order valence-electron chi connectivity index (χ3n) is 5.69. The molecule has 0 aliphatic heterocycles. The molecule has 1 N–H and O–H groups in total. The minimum absolute atomic E-state index is 0.442. The SMILES string of the molecule is CCCNC(CC1CCCC1)C1(N(C)C)CCCC1. The van der Waals surface area contributed by atoms with Gasteiger partial charge in [-0.25, -0.2) is 0 Å². The van der Waals surface area contributed by atoms with E-state index in [-0.39, 0.29) is 0 Å². The molecule has 2 heteroatoms. The van der Waals surface area contributed by atoms with Gasteiger partial charge in [-0.05, 0) is 52.2 Å². The molecule has 0 spiro atoms. The molecule has 1 atom stereocenters. The Bertz CT molecular complexity index is 250. The van der Waals surface area contributed by atoms with Gasteiger partial charge in [-0.3, -0.25) is 0 Å². The number of nitrogens with one attached hydrogen (secondary N) is 1. The molecule has 19 heavy (non-hydrogen) atoms. The van der Waals surface area contributed by atoms with Crippen molar-refractivity contribution in [3.05, 3.63) is 0 Å². The third kappa shape index (κ3) is 3.52. The normalized spacial score (nSPS) is 25.3. The van der Waals surface area contributed by atoms with Crippen LogP contribution in [0.1, 0.15) is 71.1 Å². The zero-order valence-electron chi connectivity index (χ0n) is 13.4. The summed E-state index contributed by atoms with van der Waals surface area (Å²) in [5.74, 6) is 0.992. The summed E-state index contributed by atoms with van der Waals surface area (Å²) in [6.07, 6.45) is 14.2.